The zero-order valence-electron chi connectivity index (χ0n) is 20.3. The second kappa shape index (κ2) is 10.6. The van der Waals surface area contributed by atoms with Crippen LogP contribution in [0, 0.1) is 0 Å². The van der Waals surface area contributed by atoms with Crippen LogP contribution in [0.3, 0.4) is 0 Å². The molecule has 0 spiro atoms. The first-order valence-corrected chi connectivity index (χ1v) is 13.6. The normalized spacial score (nSPS) is 20.8. The van der Waals surface area contributed by atoms with Crippen molar-refractivity contribution in [1.82, 2.24) is 5.32 Å². The molecule has 0 saturated heterocycles. The monoisotopic (exact) mass is 525 g/mol. The number of ketones is 1. The van der Waals surface area contributed by atoms with Crippen LogP contribution in [-0.4, -0.2) is 36.7 Å². The molecule has 2 heterocycles. The number of rotatable bonds is 7. The van der Waals surface area contributed by atoms with Crippen molar-refractivity contribution in [3.05, 3.63) is 81.2 Å². The zero-order valence-corrected chi connectivity index (χ0v) is 21.8. The van der Waals surface area contributed by atoms with Gasteiger partial charge in [-0.3, -0.25) is 4.79 Å². The molecule has 2 atom stereocenters. The molecule has 188 valence electrons. The lowest BCUT2D eigenvalue weighted by Crippen LogP contribution is -2.36. The Bertz CT molecular complexity index is 1270. The van der Waals surface area contributed by atoms with Crippen LogP contribution in [0.25, 0.3) is 0 Å². The topological polar surface area (TPSA) is 73.9 Å². The first kappa shape index (κ1) is 24.8. The third-order valence-electron chi connectivity index (χ3n) is 6.79. The summed E-state index contributed by atoms with van der Waals surface area (Å²) in [6.07, 6.45) is 0.943. The fraction of sp³-hybridized carbons (Fsp3) is 0.357. The van der Waals surface area contributed by atoms with Crippen LogP contribution in [0.5, 0.6) is 11.5 Å². The summed E-state index contributed by atoms with van der Waals surface area (Å²) < 4.78 is 16.7. The number of carbonyl (C=O) groups excluding carboxylic acids is 2. The summed E-state index contributed by atoms with van der Waals surface area (Å²) in [5.41, 5.74) is 4.34. The summed E-state index contributed by atoms with van der Waals surface area (Å²) in [5, 5.41) is 4.04. The van der Waals surface area contributed by atoms with E-state index in [1.165, 1.54) is 0 Å². The van der Waals surface area contributed by atoms with E-state index in [4.69, 9.17) is 25.8 Å². The summed E-state index contributed by atoms with van der Waals surface area (Å²) in [6.45, 7) is 4.40. The molecule has 2 aromatic rings. The maximum absolute atomic E-state index is 13.7. The number of nitrogens with one attached hydrogen (secondary N) is 1. The van der Waals surface area contributed by atoms with Gasteiger partial charge in [-0.15, -0.1) is 0 Å². The molecule has 5 rings (SSSR count). The Kier molecular flexibility index (Phi) is 7.30. The van der Waals surface area contributed by atoms with E-state index in [0.717, 1.165) is 28.3 Å². The van der Waals surface area contributed by atoms with Crippen LogP contribution >= 0.6 is 23.4 Å². The Morgan fingerprint density at radius 3 is 2.78 bits per heavy atom. The lowest BCUT2D eigenvalue weighted by molar-refractivity contribution is -0.138. The first-order valence-electron chi connectivity index (χ1n) is 12.1. The number of thioether (sulfide) groups is 1. The SMILES string of the molecule is CCSCCOC(=O)C1=C(C)NC2=C(C(=O)CC(c3ccccc3Cl)C2)C1c1ccc2c(c1)OCO2. The van der Waals surface area contributed by atoms with Crippen LogP contribution in [0.4, 0.5) is 0 Å². The Balaban J connectivity index is 1.54. The zero-order chi connectivity index (χ0) is 25.2. The smallest absolute Gasteiger partial charge is 0.336 e. The van der Waals surface area contributed by atoms with Crippen LogP contribution in [0.15, 0.2) is 65.0 Å². The molecule has 0 saturated carbocycles. The van der Waals surface area contributed by atoms with Crippen molar-refractivity contribution in [2.75, 3.05) is 24.9 Å². The third-order valence-corrected chi connectivity index (χ3v) is 8.00. The van der Waals surface area contributed by atoms with Gasteiger partial charge in [0, 0.05) is 40.1 Å². The van der Waals surface area contributed by atoms with Crippen molar-refractivity contribution in [2.45, 2.75) is 38.5 Å². The van der Waals surface area contributed by atoms with Gasteiger partial charge in [-0.25, -0.2) is 4.79 Å². The summed E-state index contributed by atoms with van der Waals surface area (Å²) in [4.78, 5) is 27.1. The molecule has 1 aliphatic carbocycles. The van der Waals surface area contributed by atoms with Crippen LogP contribution in [-0.2, 0) is 14.3 Å². The van der Waals surface area contributed by atoms with Crippen LogP contribution in [0.2, 0.25) is 5.02 Å². The molecule has 0 amide bonds. The Morgan fingerprint density at radius 2 is 1.97 bits per heavy atom. The van der Waals surface area contributed by atoms with Crippen molar-refractivity contribution in [3.63, 3.8) is 0 Å². The summed E-state index contributed by atoms with van der Waals surface area (Å²) >= 11 is 8.19. The molecule has 1 N–H and O–H groups in total. The third kappa shape index (κ3) is 4.74. The number of hydrogen-bond donors (Lipinski definition) is 1. The van der Waals surface area contributed by atoms with Crippen molar-refractivity contribution < 1.29 is 23.8 Å². The minimum absolute atomic E-state index is 0.00400. The fourth-order valence-electron chi connectivity index (χ4n) is 5.18. The molecule has 0 bridgehead atoms. The van der Waals surface area contributed by atoms with Crippen LogP contribution < -0.4 is 14.8 Å². The highest BCUT2D eigenvalue weighted by atomic mass is 35.5. The number of carbonyl (C=O) groups is 2. The number of Topliss-reactive ketones (excluding diaryl/α,β-unsaturated/α-hetero) is 1. The van der Waals surface area contributed by atoms with Gasteiger partial charge in [0.15, 0.2) is 17.3 Å². The molecule has 3 aliphatic rings. The van der Waals surface area contributed by atoms with E-state index < -0.39 is 11.9 Å². The number of esters is 1. The second-order valence-corrected chi connectivity index (χ2v) is 10.8. The minimum atomic E-state index is -0.554. The molecule has 0 fully saturated rings. The van der Waals surface area contributed by atoms with E-state index in [1.807, 2.05) is 49.4 Å². The lowest BCUT2D eigenvalue weighted by atomic mass is 9.71. The molecule has 36 heavy (non-hydrogen) atoms. The molecule has 0 radical (unpaired) electrons. The number of ether oxygens (including phenoxy) is 3. The number of benzene rings is 2. The van der Waals surface area contributed by atoms with E-state index in [9.17, 15) is 9.59 Å². The summed E-state index contributed by atoms with van der Waals surface area (Å²) in [7, 11) is 0. The van der Waals surface area contributed by atoms with E-state index in [1.54, 1.807) is 11.8 Å². The van der Waals surface area contributed by atoms with Crippen molar-refractivity contribution in [2.24, 2.45) is 0 Å². The average Bonchev–Trinajstić information content (AvgIpc) is 3.34. The molecule has 2 aromatic carbocycles. The fourth-order valence-corrected chi connectivity index (χ4v) is 5.96. The van der Waals surface area contributed by atoms with E-state index in [2.05, 4.69) is 12.2 Å². The predicted molar refractivity (Wildman–Crippen MR) is 141 cm³/mol. The summed E-state index contributed by atoms with van der Waals surface area (Å²) in [6, 6.07) is 13.2. The molecular weight excluding hydrogens is 498 g/mol. The maximum Gasteiger partial charge on any atom is 0.336 e. The molecule has 2 unspecified atom stereocenters. The van der Waals surface area contributed by atoms with Gasteiger partial charge in [-0.2, -0.15) is 11.8 Å². The number of fused-ring (bicyclic) bond motifs is 1. The first-order chi connectivity index (χ1) is 17.5. The van der Waals surface area contributed by atoms with Gasteiger partial charge < -0.3 is 19.5 Å². The Morgan fingerprint density at radius 1 is 1.17 bits per heavy atom. The molecular formula is C28H28ClNO5S. The second-order valence-electron chi connectivity index (χ2n) is 8.98. The highest BCUT2D eigenvalue weighted by molar-refractivity contribution is 7.99. The maximum atomic E-state index is 13.7. The molecule has 6 nitrogen and oxygen atoms in total. The molecule has 8 heteroatoms. The van der Waals surface area contributed by atoms with Crippen molar-refractivity contribution in [1.29, 1.82) is 0 Å². The van der Waals surface area contributed by atoms with Crippen LogP contribution in [0.1, 0.15) is 49.7 Å². The highest BCUT2D eigenvalue weighted by Gasteiger charge is 2.42. The van der Waals surface area contributed by atoms with Gasteiger partial charge in [-0.1, -0.05) is 42.8 Å². The largest absolute Gasteiger partial charge is 0.461 e. The van der Waals surface area contributed by atoms with Crippen molar-refractivity contribution >= 4 is 35.1 Å². The van der Waals surface area contributed by atoms with E-state index >= 15 is 0 Å². The lowest BCUT2D eigenvalue weighted by Gasteiger charge is -2.37. The van der Waals surface area contributed by atoms with Crippen molar-refractivity contribution in [3.8, 4) is 11.5 Å². The average molecular weight is 526 g/mol. The van der Waals surface area contributed by atoms with Gasteiger partial charge in [0.1, 0.15) is 6.61 Å². The van der Waals surface area contributed by atoms with Gasteiger partial charge >= 0.3 is 5.97 Å². The predicted octanol–water partition coefficient (Wildman–Crippen LogP) is 5.73. The highest BCUT2D eigenvalue weighted by Crippen LogP contribution is 2.48. The summed E-state index contributed by atoms with van der Waals surface area (Å²) in [5.74, 6) is 1.93. The number of halogens is 1. The van der Waals surface area contributed by atoms with Gasteiger partial charge in [0.25, 0.3) is 0 Å². The van der Waals surface area contributed by atoms with E-state index in [-0.39, 0.29) is 18.5 Å². The number of allylic oxidation sites excluding steroid dienone is 3. The van der Waals surface area contributed by atoms with E-state index in [0.29, 0.717) is 52.8 Å². The number of hydrogen-bond acceptors (Lipinski definition) is 7. The molecule has 0 aromatic heterocycles. The Labute approximate surface area is 220 Å². The molecule has 2 aliphatic heterocycles. The van der Waals surface area contributed by atoms with Gasteiger partial charge in [-0.05, 0) is 54.3 Å². The standard InChI is InChI=1S/C28H28ClNO5S/c1-3-36-11-10-33-28(32)25-16(2)30-21-12-18(19-6-4-5-7-20(19)29)13-22(31)27(21)26(25)17-8-9-23-24(14-17)35-15-34-23/h4-9,14,18,26,30H,3,10-13,15H2,1-2H3. The minimum Gasteiger partial charge on any atom is -0.461 e. The number of dihydropyridines is 1. The quantitative estimate of drug-likeness (QED) is 0.365. The van der Waals surface area contributed by atoms with Gasteiger partial charge in [0.2, 0.25) is 6.79 Å². The van der Waals surface area contributed by atoms with Gasteiger partial charge in [0.05, 0.1) is 5.57 Å². The Hall–Kier alpha value is -2.90.